The Bertz CT molecular complexity index is 1030. The summed E-state index contributed by atoms with van der Waals surface area (Å²) >= 11 is 0. The molecule has 1 amide bonds. The van der Waals surface area contributed by atoms with Crippen LogP contribution in [0.2, 0.25) is 0 Å². The molecular formula is C19H20N2O5S. The molecule has 0 saturated carbocycles. The lowest BCUT2D eigenvalue weighted by atomic mass is 10.0. The first-order chi connectivity index (χ1) is 12.8. The van der Waals surface area contributed by atoms with E-state index >= 15 is 0 Å². The van der Waals surface area contributed by atoms with Crippen LogP contribution in [0, 0.1) is 0 Å². The summed E-state index contributed by atoms with van der Waals surface area (Å²) in [5.41, 5.74) is 1.86. The van der Waals surface area contributed by atoms with E-state index in [-0.39, 0.29) is 4.91 Å². The van der Waals surface area contributed by atoms with Gasteiger partial charge in [0.25, 0.3) is 15.9 Å². The molecule has 0 unspecified atom stereocenters. The Kier molecular flexibility index (Phi) is 4.84. The maximum Gasteiger partial charge on any atom is 0.269 e. The van der Waals surface area contributed by atoms with Crippen LogP contribution in [0.1, 0.15) is 12.5 Å². The minimum Gasteiger partial charge on any atom is -0.493 e. The number of nitrogens with one attached hydrogen (secondary N) is 1. The molecule has 7 nitrogen and oxygen atoms in total. The number of amides is 1. The van der Waals surface area contributed by atoms with Crippen LogP contribution in [0.25, 0.3) is 5.57 Å². The first-order valence-electron chi connectivity index (χ1n) is 8.14. The average molecular weight is 388 g/mol. The van der Waals surface area contributed by atoms with Crippen molar-refractivity contribution in [2.45, 2.75) is 6.92 Å². The maximum absolute atomic E-state index is 13.0. The highest BCUT2D eigenvalue weighted by Crippen LogP contribution is 2.44. The van der Waals surface area contributed by atoms with E-state index in [0.717, 1.165) is 4.31 Å². The Hall–Kier alpha value is -3.00. The lowest BCUT2D eigenvalue weighted by molar-refractivity contribution is -0.112. The summed E-state index contributed by atoms with van der Waals surface area (Å²) in [4.78, 5) is 12.5. The molecule has 1 aliphatic heterocycles. The van der Waals surface area contributed by atoms with Gasteiger partial charge in [-0.2, -0.15) is 0 Å². The molecule has 0 atom stereocenters. The topological polar surface area (TPSA) is 84.9 Å². The Morgan fingerprint density at radius 1 is 1.04 bits per heavy atom. The fraction of sp³-hybridized carbons (Fsp3) is 0.211. The normalized spacial score (nSPS) is 15.2. The molecule has 0 fully saturated rings. The van der Waals surface area contributed by atoms with E-state index in [9.17, 15) is 13.2 Å². The van der Waals surface area contributed by atoms with E-state index in [1.54, 1.807) is 49.4 Å². The third-order valence-electron chi connectivity index (χ3n) is 4.44. The summed E-state index contributed by atoms with van der Waals surface area (Å²) in [5, 5.41) is 2.64. The molecule has 1 N–H and O–H groups in total. The van der Waals surface area contributed by atoms with E-state index in [4.69, 9.17) is 9.47 Å². The number of para-hydroxylation sites is 1. The highest BCUT2D eigenvalue weighted by molar-refractivity contribution is 7.97. The van der Waals surface area contributed by atoms with E-state index in [0.29, 0.717) is 34.0 Å². The predicted octanol–water partition coefficient (Wildman–Crippen LogP) is 2.85. The second-order valence-corrected chi connectivity index (χ2v) is 7.88. The highest BCUT2D eigenvalue weighted by Gasteiger charge is 2.38. The molecule has 8 heteroatoms. The second kappa shape index (κ2) is 6.96. The number of sulfonamides is 1. The lowest BCUT2D eigenvalue weighted by Gasteiger charge is -2.30. The number of hydrogen-bond acceptors (Lipinski definition) is 5. The number of methoxy groups -OCH3 is 2. The van der Waals surface area contributed by atoms with E-state index in [2.05, 4.69) is 5.32 Å². The molecule has 2 aromatic carbocycles. The number of ether oxygens (including phenoxy) is 2. The van der Waals surface area contributed by atoms with Crippen molar-refractivity contribution in [1.29, 1.82) is 0 Å². The van der Waals surface area contributed by atoms with Crippen molar-refractivity contribution in [2.24, 2.45) is 0 Å². The van der Waals surface area contributed by atoms with Gasteiger partial charge in [-0.05, 0) is 30.7 Å². The third kappa shape index (κ3) is 3.12. The Morgan fingerprint density at radius 3 is 2.22 bits per heavy atom. The molecule has 0 saturated heterocycles. The molecule has 27 heavy (non-hydrogen) atoms. The van der Waals surface area contributed by atoms with Gasteiger partial charge < -0.3 is 14.8 Å². The van der Waals surface area contributed by atoms with Crippen LogP contribution in [0.5, 0.6) is 11.5 Å². The van der Waals surface area contributed by atoms with Crippen molar-refractivity contribution < 1.29 is 22.7 Å². The fourth-order valence-corrected chi connectivity index (χ4v) is 4.47. The molecule has 0 bridgehead atoms. The predicted molar refractivity (Wildman–Crippen MR) is 105 cm³/mol. The SMILES string of the molecule is COc1cc2c(cc1OC)N(C)S(=O)(=O)C(C(=O)Nc1ccccc1)=C2C. The molecule has 0 aliphatic carbocycles. The summed E-state index contributed by atoms with van der Waals surface area (Å²) in [5.74, 6) is 0.167. The van der Waals surface area contributed by atoms with E-state index < -0.39 is 15.9 Å². The van der Waals surface area contributed by atoms with Crippen molar-refractivity contribution in [1.82, 2.24) is 0 Å². The van der Waals surface area contributed by atoms with Crippen molar-refractivity contribution in [3.8, 4) is 11.5 Å². The number of nitrogens with zero attached hydrogens (tertiary/aromatic N) is 1. The first kappa shape index (κ1) is 18.8. The van der Waals surface area contributed by atoms with Gasteiger partial charge in [0.1, 0.15) is 0 Å². The van der Waals surface area contributed by atoms with Crippen LogP contribution in [0.15, 0.2) is 47.4 Å². The number of carbonyl (C=O) groups excluding carboxylic acids is 1. The van der Waals surface area contributed by atoms with Gasteiger partial charge in [0.2, 0.25) is 0 Å². The minimum atomic E-state index is -4.02. The monoisotopic (exact) mass is 388 g/mol. The smallest absolute Gasteiger partial charge is 0.269 e. The molecule has 1 heterocycles. The zero-order valence-corrected chi connectivity index (χ0v) is 16.3. The fourth-order valence-electron chi connectivity index (χ4n) is 3.01. The summed E-state index contributed by atoms with van der Waals surface area (Å²) in [6, 6.07) is 12.0. The Balaban J connectivity index is 2.17. The summed E-state index contributed by atoms with van der Waals surface area (Å²) in [6.45, 7) is 1.61. The summed E-state index contributed by atoms with van der Waals surface area (Å²) in [7, 11) is 0.352. The number of anilines is 2. The second-order valence-electron chi connectivity index (χ2n) is 5.97. The Labute approximate surface area is 158 Å². The molecule has 0 aromatic heterocycles. The molecule has 0 spiro atoms. The van der Waals surface area contributed by atoms with Crippen LogP contribution < -0.4 is 19.1 Å². The Morgan fingerprint density at radius 2 is 1.63 bits per heavy atom. The van der Waals surface area contributed by atoms with Gasteiger partial charge in [-0.25, -0.2) is 8.42 Å². The van der Waals surface area contributed by atoms with E-state index in [1.807, 2.05) is 0 Å². The van der Waals surface area contributed by atoms with Gasteiger partial charge in [-0.15, -0.1) is 0 Å². The quantitative estimate of drug-likeness (QED) is 0.871. The number of rotatable bonds is 4. The van der Waals surface area contributed by atoms with Crippen LogP contribution in [-0.2, 0) is 14.8 Å². The molecule has 142 valence electrons. The van der Waals surface area contributed by atoms with Gasteiger partial charge in [0.05, 0.1) is 19.9 Å². The molecule has 3 rings (SSSR count). The van der Waals surface area contributed by atoms with Crippen molar-refractivity contribution in [3.05, 3.63) is 52.9 Å². The summed E-state index contributed by atoms with van der Waals surface area (Å²) in [6.07, 6.45) is 0. The number of fused-ring (bicyclic) bond motifs is 1. The van der Waals surface area contributed by atoms with Crippen molar-refractivity contribution in [3.63, 3.8) is 0 Å². The number of carbonyl (C=O) groups is 1. The third-order valence-corrected chi connectivity index (χ3v) is 6.37. The number of hydrogen-bond donors (Lipinski definition) is 1. The highest BCUT2D eigenvalue weighted by atomic mass is 32.2. The van der Waals surface area contributed by atoms with Crippen molar-refractivity contribution in [2.75, 3.05) is 30.9 Å². The first-order valence-corrected chi connectivity index (χ1v) is 9.58. The van der Waals surface area contributed by atoms with Gasteiger partial charge in [0.15, 0.2) is 16.4 Å². The van der Waals surface area contributed by atoms with Crippen LogP contribution in [0.3, 0.4) is 0 Å². The largest absolute Gasteiger partial charge is 0.493 e. The molecular weight excluding hydrogens is 368 g/mol. The van der Waals surface area contributed by atoms with E-state index in [1.165, 1.54) is 21.3 Å². The molecule has 0 radical (unpaired) electrons. The zero-order chi connectivity index (χ0) is 19.8. The molecule has 1 aliphatic rings. The summed E-state index contributed by atoms with van der Waals surface area (Å²) < 4.78 is 37.7. The van der Waals surface area contributed by atoms with Crippen LogP contribution in [0.4, 0.5) is 11.4 Å². The lowest BCUT2D eigenvalue weighted by Crippen LogP contribution is -2.36. The number of benzene rings is 2. The maximum atomic E-state index is 13.0. The average Bonchev–Trinajstić information content (AvgIpc) is 2.65. The molecule has 2 aromatic rings. The standard InChI is InChI=1S/C19H20N2O5S/c1-12-14-10-16(25-3)17(26-4)11-15(14)21(2)27(23,24)18(12)19(22)20-13-8-6-5-7-9-13/h5-11H,1-4H3,(H,20,22). The van der Waals surface area contributed by atoms with Gasteiger partial charge >= 0.3 is 0 Å². The van der Waals surface area contributed by atoms with Gasteiger partial charge in [0, 0.05) is 24.4 Å². The minimum absolute atomic E-state index is 0.298. The van der Waals surface area contributed by atoms with Gasteiger partial charge in [-0.3, -0.25) is 9.10 Å². The van der Waals surface area contributed by atoms with Gasteiger partial charge in [-0.1, -0.05) is 18.2 Å². The number of allylic oxidation sites excluding steroid dienone is 1. The zero-order valence-electron chi connectivity index (χ0n) is 15.4. The van der Waals surface area contributed by atoms with Crippen LogP contribution >= 0.6 is 0 Å². The van der Waals surface area contributed by atoms with Crippen LogP contribution in [-0.4, -0.2) is 35.6 Å². The van der Waals surface area contributed by atoms with Crippen molar-refractivity contribution >= 4 is 32.9 Å².